The number of pyridine rings is 1. The largest absolute Gasteiger partial charge is 0.508 e. The summed E-state index contributed by atoms with van der Waals surface area (Å²) < 4.78 is 38.6. The summed E-state index contributed by atoms with van der Waals surface area (Å²) in [4.78, 5) is 16.6. The predicted molar refractivity (Wildman–Crippen MR) is 116 cm³/mol. The summed E-state index contributed by atoms with van der Waals surface area (Å²) >= 11 is 0. The van der Waals surface area contributed by atoms with Crippen LogP contribution in [0.5, 0.6) is 5.75 Å². The molecule has 1 amide bonds. The van der Waals surface area contributed by atoms with E-state index in [1.54, 1.807) is 30.6 Å². The number of hydrogen-bond donors (Lipinski definition) is 2. The highest BCUT2D eigenvalue weighted by Crippen LogP contribution is 2.32. The summed E-state index contributed by atoms with van der Waals surface area (Å²) in [7, 11) is 0. The van der Waals surface area contributed by atoms with Crippen LogP contribution in [0.15, 0.2) is 79.1 Å². The Labute approximate surface area is 182 Å². The lowest BCUT2D eigenvalue weighted by molar-refractivity contribution is -0.137. The third kappa shape index (κ3) is 4.72. The number of phenols is 1. The quantitative estimate of drug-likeness (QED) is 0.435. The predicted octanol–water partition coefficient (Wildman–Crippen LogP) is 5.49. The van der Waals surface area contributed by atoms with Crippen LogP contribution in [0.25, 0.3) is 21.9 Å². The lowest BCUT2D eigenvalue weighted by Crippen LogP contribution is -2.24. The highest BCUT2D eigenvalue weighted by Gasteiger charge is 2.30. The first kappa shape index (κ1) is 21.4. The molecule has 0 saturated carbocycles. The topological polar surface area (TPSA) is 62.2 Å². The van der Waals surface area contributed by atoms with Crippen molar-refractivity contribution in [2.45, 2.75) is 19.1 Å². The minimum Gasteiger partial charge on any atom is -0.508 e. The van der Waals surface area contributed by atoms with Gasteiger partial charge >= 0.3 is 6.18 Å². The molecule has 0 atom stereocenters. The van der Waals surface area contributed by atoms with Gasteiger partial charge in [-0.2, -0.15) is 13.2 Å². The maximum Gasteiger partial charge on any atom is 0.416 e. The van der Waals surface area contributed by atoms with Crippen LogP contribution in [0.1, 0.15) is 16.7 Å². The fraction of sp³-hybridized carbons (Fsp3) is 0.120. The number of aromatic hydroxyl groups is 1. The molecule has 2 N–H and O–H groups in total. The summed E-state index contributed by atoms with van der Waals surface area (Å²) in [5, 5.41) is 14.3. The molecule has 0 unspecified atom stereocenters. The number of nitrogens with zero attached hydrogens (tertiary/aromatic N) is 1. The van der Waals surface area contributed by atoms with Crippen molar-refractivity contribution < 1.29 is 23.1 Å². The first-order valence-electron chi connectivity index (χ1n) is 9.89. The molecule has 1 aromatic heterocycles. The van der Waals surface area contributed by atoms with Gasteiger partial charge in [-0.3, -0.25) is 9.78 Å². The minimum absolute atomic E-state index is 0.151. The Bertz CT molecular complexity index is 1290. The number of amides is 1. The smallest absolute Gasteiger partial charge is 0.416 e. The van der Waals surface area contributed by atoms with E-state index in [1.807, 2.05) is 24.3 Å². The van der Waals surface area contributed by atoms with Crippen LogP contribution in [0, 0.1) is 0 Å². The van der Waals surface area contributed by atoms with Crippen molar-refractivity contribution in [3.8, 4) is 16.9 Å². The summed E-state index contributed by atoms with van der Waals surface area (Å²) in [5.74, 6) is -0.214. The molecule has 0 saturated heterocycles. The Balaban J connectivity index is 1.53. The first-order chi connectivity index (χ1) is 15.3. The Morgan fingerprint density at radius 3 is 2.56 bits per heavy atom. The molecule has 0 radical (unpaired) electrons. The Morgan fingerprint density at radius 2 is 1.78 bits per heavy atom. The Morgan fingerprint density at radius 1 is 0.969 bits per heavy atom. The molecular weight excluding hydrogens is 417 g/mol. The average Bonchev–Trinajstić information content (AvgIpc) is 2.77. The molecule has 4 aromatic rings. The fourth-order valence-electron chi connectivity index (χ4n) is 3.63. The summed E-state index contributed by atoms with van der Waals surface area (Å²) in [6, 6.07) is 17.3. The maximum absolute atomic E-state index is 12.9. The van der Waals surface area contributed by atoms with Gasteiger partial charge in [-0.05, 0) is 51.9 Å². The van der Waals surface area contributed by atoms with E-state index in [-0.39, 0.29) is 24.6 Å². The van der Waals surface area contributed by atoms with Crippen molar-refractivity contribution >= 4 is 16.7 Å². The summed E-state index contributed by atoms with van der Waals surface area (Å²) in [5.41, 5.74) is 2.11. The maximum atomic E-state index is 12.9. The molecule has 1 heterocycles. The molecule has 4 nitrogen and oxygen atoms in total. The first-order valence-corrected chi connectivity index (χ1v) is 9.89. The number of nitrogens with one attached hydrogen (secondary N) is 1. The van der Waals surface area contributed by atoms with E-state index < -0.39 is 11.7 Å². The van der Waals surface area contributed by atoms with Gasteiger partial charge in [0.1, 0.15) is 5.75 Å². The second-order valence-corrected chi connectivity index (χ2v) is 7.40. The number of hydrogen-bond acceptors (Lipinski definition) is 3. The van der Waals surface area contributed by atoms with Crippen LogP contribution in [0.2, 0.25) is 0 Å². The van der Waals surface area contributed by atoms with Crippen LogP contribution in [-0.2, 0) is 23.9 Å². The van der Waals surface area contributed by atoms with E-state index in [2.05, 4.69) is 10.3 Å². The van der Waals surface area contributed by atoms with Gasteiger partial charge in [0.15, 0.2) is 0 Å². The molecule has 3 aromatic carbocycles. The molecule has 162 valence electrons. The van der Waals surface area contributed by atoms with Gasteiger partial charge in [0, 0.05) is 24.3 Å². The van der Waals surface area contributed by atoms with Crippen molar-refractivity contribution in [2.24, 2.45) is 0 Å². The van der Waals surface area contributed by atoms with Gasteiger partial charge in [0.2, 0.25) is 5.91 Å². The fourth-order valence-corrected chi connectivity index (χ4v) is 3.63. The standard InChI is InChI=1S/C25H19F3N2O2/c26-25(27,28)19-5-1-3-16(11-19)12-24(32)30-14-18-7-8-21(17-4-2-6-20(31)13-17)22-9-10-29-15-23(18)22/h1-11,13,15,31H,12,14H2,(H,30,32). The van der Waals surface area contributed by atoms with Crippen LogP contribution in [-0.4, -0.2) is 16.0 Å². The highest BCUT2D eigenvalue weighted by atomic mass is 19.4. The van der Waals surface area contributed by atoms with E-state index >= 15 is 0 Å². The van der Waals surface area contributed by atoms with Crippen LogP contribution in [0.4, 0.5) is 13.2 Å². The number of carbonyl (C=O) groups excluding carboxylic acids is 1. The molecule has 0 aliphatic heterocycles. The molecular formula is C25H19F3N2O2. The zero-order valence-corrected chi connectivity index (χ0v) is 16.9. The monoisotopic (exact) mass is 436 g/mol. The zero-order valence-electron chi connectivity index (χ0n) is 16.9. The molecule has 32 heavy (non-hydrogen) atoms. The number of alkyl halides is 3. The molecule has 7 heteroatoms. The number of rotatable bonds is 5. The molecule has 0 bridgehead atoms. The number of fused-ring (bicyclic) bond motifs is 1. The van der Waals surface area contributed by atoms with Crippen LogP contribution < -0.4 is 5.32 Å². The number of benzene rings is 3. The Hall–Kier alpha value is -3.87. The lowest BCUT2D eigenvalue weighted by atomic mass is 9.96. The van der Waals surface area contributed by atoms with E-state index in [9.17, 15) is 23.1 Å². The molecule has 0 aliphatic carbocycles. The van der Waals surface area contributed by atoms with E-state index in [0.29, 0.717) is 5.56 Å². The second-order valence-electron chi connectivity index (χ2n) is 7.40. The van der Waals surface area contributed by atoms with Gasteiger partial charge in [0.05, 0.1) is 12.0 Å². The van der Waals surface area contributed by atoms with Gasteiger partial charge < -0.3 is 10.4 Å². The van der Waals surface area contributed by atoms with Crippen LogP contribution in [0.3, 0.4) is 0 Å². The lowest BCUT2D eigenvalue weighted by Gasteiger charge is -2.13. The Kier molecular flexibility index (Phi) is 5.81. The molecule has 0 spiro atoms. The van der Waals surface area contributed by atoms with Gasteiger partial charge in [-0.25, -0.2) is 0 Å². The van der Waals surface area contributed by atoms with E-state index in [1.165, 1.54) is 12.1 Å². The second kappa shape index (κ2) is 8.70. The van der Waals surface area contributed by atoms with E-state index in [4.69, 9.17) is 0 Å². The SMILES string of the molecule is O=C(Cc1cccc(C(F)(F)F)c1)NCc1ccc(-c2cccc(O)c2)c2ccncc12. The molecule has 0 fully saturated rings. The molecule has 0 aliphatic rings. The normalized spacial score (nSPS) is 11.5. The minimum atomic E-state index is -4.45. The summed E-state index contributed by atoms with van der Waals surface area (Å²) in [6.45, 7) is 0.209. The highest BCUT2D eigenvalue weighted by molar-refractivity contribution is 5.98. The van der Waals surface area contributed by atoms with Gasteiger partial charge in [0.25, 0.3) is 0 Å². The number of phenolic OH excluding ortho intramolecular Hbond substituents is 1. The average molecular weight is 436 g/mol. The van der Waals surface area contributed by atoms with Crippen molar-refractivity contribution in [3.05, 3.63) is 95.8 Å². The molecule has 4 rings (SSSR count). The summed E-state index contributed by atoms with van der Waals surface area (Å²) in [6.07, 6.45) is -1.22. The third-order valence-corrected chi connectivity index (χ3v) is 5.16. The third-order valence-electron chi connectivity index (χ3n) is 5.16. The van der Waals surface area contributed by atoms with Crippen molar-refractivity contribution in [2.75, 3.05) is 0 Å². The number of halogens is 3. The number of carbonyl (C=O) groups is 1. The van der Waals surface area contributed by atoms with Gasteiger partial charge in [-0.15, -0.1) is 0 Å². The van der Waals surface area contributed by atoms with Crippen molar-refractivity contribution in [1.29, 1.82) is 0 Å². The zero-order chi connectivity index (χ0) is 22.7. The van der Waals surface area contributed by atoms with Crippen molar-refractivity contribution in [1.82, 2.24) is 10.3 Å². The van der Waals surface area contributed by atoms with Crippen molar-refractivity contribution in [3.63, 3.8) is 0 Å². The number of aromatic nitrogens is 1. The van der Waals surface area contributed by atoms with E-state index in [0.717, 1.165) is 39.6 Å². The van der Waals surface area contributed by atoms with Crippen LogP contribution >= 0.6 is 0 Å². The van der Waals surface area contributed by atoms with Gasteiger partial charge in [-0.1, -0.05) is 42.5 Å².